The summed E-state index contributed by atoms with van der Waals surface area (Å²) in [5.74, 6) is 1.94. The second-order valence-corrected chi connectivity index (χ2v) is 11.8. The zero-order chi connectivity index (χ0) is 29.0. The van der Waals surface area contributed by atoms with E-state index < -0.39 is 0 Å². The van der Waals surface area contributed by atoms with Crippen LogP contribution in [-0.4, -0.2) is 24.5 Å². The first-order valence-electron chi connectivity index (χ1n) is 14.5. The average molecular weight is 582 g/mol. The molecule has 0 unspecified atom stereocenters. The molecular weight excluding hydrogens is 559 g/mol. The molecule has 0 N–H and O–H groups in total. The molecule has 0 bridgehead atoms. The zero-order valence-corrected chi connectivity index (χ0v) is 24.2. The largest absolute Gasteiger partial charge is 0.307 e. The molecule has 0 amide bonds. The molecule has 9 aromatic rings. The van der Waals surface area contributed by atoms with E-state index in [-0.39, 0.29) is 0 Å². The van der Waals surface area contributed by atoms with Crippen LogP contribution in [0.25, 0.3) is 82.0 Å². The van der Waals surface area contributed by atoms with E-state index in [1.165, 1.54) is 25.7 Å². The highest BCUT2D eigenvalue weighted by atomic mass is 32.1. The van der Waals surface area contributed by atoms with Crippen molar-refractivity contribution in [3.8, 4) is 39.9 Å². The molecule has 0 atom stereocenters. The Labute approximate surface area is 256 Å². The molecule has 206 valence electrons. The number of hydrogen-bond donors (Lipinski definition) is 0. The zero-order valence-electron chi connectivity index (χ0n) is 23.4. The molecule has 5 nitrogen and oxygen atoms in total. The standard InChI is InChI=1S/C38H23N5S/c1-3-10-24(11-4-1)36-40-37(25-12-5-2-6-13-25)42-38(41-36)26-17-19-27(20-18-26)43-30-15-9-23-39-34(30)29-21-22-32-33(35(29)43)28-14-7-8-16-31(28)44-32/h1-23H. The third kappa shape index (κ3) is 3.92. The van der Waals surface area contributed by atoms with Crippen molar-refractivity contribution in [3.05, 3.63) is 140 Å². The van der Waals surface area contributed by atoms with E-state index in [9.17, 15) is 0 Å². The third-order valence-electron chi connectivity index (χ3n) is 8.11. The summed E-state index contributed by atoms with van der Waals surface area (Å²) in [5.41, 5.74) is 7.15. The molecule has 0 saturated heterocycles. The second kappa shape index (κ2) is 9.93. The highest BCUT2D eigenvalue weighted by molar-refractivity contribution is 7.26. The fraction of sp³-hybridized carbons (Fsp3) is 0. The Balaban J connectivity index is 1.25. The third-order valence-corrected chi connectivity index (χ3v) is 9.24. The van der Waals surface area contributed by atoms with Gasteiger partial charge in [-0.15, -0.1) is 11.3 Å². The summed E-state index contributed by atoms with van der Waals surface area (Å²) in [7, 11) is 0. The number of benzene rings is 5. The maximum absolute atomic E-state index is 4.92. The van der Waals surface area contributed by atoms with Crippen LogP contribution in [0.5, 0.6) is 0 Å². The maximum atomic E-state index is 4.92. The molecule has 5 aromatic carbocycles. The highest BCUT2D eigenvalue weighted by Gasteiger charge is 2.19. The molecule has 6 heteroatoms. The molecule has 0 aliphatic carbocycles. The van der Waals surface area contributed by atoms with Crippen LogP contribution in [0.3, 0.4) is 0 Å². The normalized spacial score (nSPS) is 11.6. The first kappa shape index (κ1) is 24.8. The fourth-order valence-electron chi connectivity index (χ4n) is 6.09. The Morgan fingerprint density at radius 2 is 1.09 bits per heavy atom. The van der Waals surface area contributed by atoms with Crippen LogP contribution < -0.4 is 0 Å². The summed E-state index contributed by atoms with van der Waals surface area (Å²) in [6.07, 6.45) is 1.88. The quantitative estimate of drug-likeness (QED) is 0.208. The lowest BCUT2D eigenvalue weighted by Crippen LogP contribution is -2.00. The van der Waals surface area contributed by atoms with Gasteiger partial charge < -0.3 is 4.57 Å². The minimum atomic E-state index is 0.638. The van der Waals surface area contributed by atoms with Crippen LogP contribution in [0, 0.1) is 0 Å². The van der Waals surface area contributed by atoms with Gasteiger partial charge in [-0.25, -0.2) is 15.0 Å². The minimum Gasteiger partial charge on any atom is -0.307 e. The van der Waals surface area contributed by atoms with Gasteiger partial charge in [-0.05, 0) is 54.6 Å². The highest BCUT2D eigenvalue weighted by Crippen LogP contribution is 2.42. The SMILES string of the molecule is c1ccc(-c2nc(-c3ccccc3)nc(-c3ccc(-n4c5cccnc5c5ccc6sc7ccccc7c6c54)cc3)n2)cc1. The van der Waals surface area contributed by atoms with Crippen LogP contribution in [0.4, 0.5) is 0 Å². The van der Waals surface area contributed by atoms with Crippen LogP contribution in [0.1, 0.15) is 0 Å². The van der Waals surface area contributed by atoms with Gasteiger partial charge >= 0.3 is 0 Å². The fourth-order valence-corrected chi connectivity index (χ4v) is 7.20. The van der Waals surface area contributed by atoms with Crippen molar-refractivity contribution in [1.82, 2.24) is 24.5 Å². The first-order valence-corrected chi connectivity index (χ1v) is 15.3. The summed E-state index contributed by atoms with van der Waals surface area (Å²) >= 11 is 1.83. The van der Waals surface area contributed by atoms with Crippen LogP contribution in [0.15, 0.2) is 140 Å². The lowest BCUT2D eigenvalue weighted by Gasteiger charge is -2.11. The predicted molar refractivity (Wildman–Crippen MR) is 181 cm³/mol. The number of aromatic nitrogens is 5. The summed E-state index contributed by atoms with van der Waals surface area (Å²) in [6, 6.07) is 45.9. The minimum absolute atomic E-state index is 0.638. The van der Waals surface area contributed by atoms with Crippen LogP contribution in [0.2, 0.25) is 0 Å². The number of nitrogens with zero attached hydrogens (tertiary/aromatic N) is 5. The molecule has 44 heavy (non-hydrogen) atoms. The van der Waals surface area contributed by atoms with E-state index in [0.717, 1.165) is 38.8 Å². The Hall–Kier alpha value is -5.72. The van der Waals surface area contributed by atoms with E-state index >= 15 is 0 Å². The monoisotopic (exact) mass is 581 g/mol. The van der Waals surface area contributed by atoms with Crippen molar-refractivity contribution in [3.63, 3.8) is 0 Å². The van der Waals surface area contributed by atoms with Crippen molar-refractivity contribution in [1.29, 1.82) is 0 Å². The molecule has 0 saturated carbocycles. The summed E-state index contributed by atoms with van der Waals surface area (Å²) < 4.78 is 4.90. The first-order chi connectivity index (χ1) is 21.8. The average Bonchev–Trinajstić information content (AvgIpc) is 3.65. The Kier molecular flexibility index (Phi) is 5.61. The van der Waals surface area contributed by atoms with E-state index in [1.54, 1.807) is 0 Å². The molecule has 9 rings (SSSR count). The van der Waals surface area contributed by atoms with Gasteiger partial charge in [0.2, 0.25) is 0 Å². The number of fused-ring (bicyclic) bond motifs is 7. The number of rotatable bonds is 4. The van der Waals surface area contributed by atoms with Gasteiger partial charge in [0.25, 0.3) is 0 Å². The maximum Gasteiger partial charge on any atom is 0.164 e. The molecular formula is C38H23N5S. The number of hydrogen-bond acceptors (Lipinski definition) is 5. The Bertz CT molecular complexity index is 2420. The second-order valence-electron chi connectivity index (χ2n) is 10.7. The predicted octanol–water partition coefficient (Wildman–Crippen LogP) is 9.73. The molecule has 0 fully saturated rings. The summed E-state index contributed by atoms with van der Waals surface area (Å²) in [6.45, 7) is 0. The van der Waals surface area contributed by atoms with Gasteiger partial charge in [-0.2, -0.15) is 0 Å². The summed E-state index contributed by atoms with van der Waals surface area (Å²) in [5, 5.41) is 3.69. The van der Waals surface area contributed by atoms with Crippen molar-refractivity contribution >= 4 is 53.4 Å². The Morgan fingerprint density at radius 1 is 0.477 bits per heavy atom. The van der Waals surface area contributed by atoms with Gasteiger partial charge in [0.1, 0.15) is 0 Å². The molecule has 0 aliphatic rings. The van der Waals surface area contributed by atoms with Gasteiger partial charge in [-0.1, -0.05) is 78.9 Å². The Morgan fingerprint density at radius 3 is 1.77 bits per heavy atom. The summed E-state index contributed by atoms with van der Waals surface area (Å²) in [4.78, 5) is 19.5. The van der Waals surface area contributed by atoms with E-state index in [4.69, 9.17) is 19.9 Å². The van der Waals surface area contributed by atoms with Crippen molar-refractivity contribution in [2.75, 3.05) is 0 Å². The van der Waals surface area contributed by atoms with Gasteiger partial charge in [0, 0.05) is 54.1 Å². The number of thiophene rings is 1. The topological polar surface area (TPSA) is 56.5 Å². The lowest BCUT2D eigenvalue weighted by molar-refractivity contribution is 1.07. The molecule has 0 aliphatic heterocycles. The van der Waals surface area contributed by atoms with Crippen molar-refractivity contribution < 1.29 is 0 Å². The molecule has 4 aromatic heterocycles. The van der Waals surface area contributed by atoms with Crippen LogP contribution in [-0.2, 0) is 0 Å². The van der Waals surface area contributed by atoms with E-state index in [1.807, 2.05) is 84.3 Å². The van der Waals surface area contributed by atoms with Crippen molar-refractivity contribution in [2.45, 2.75) is 0 Å². The van der Waals surface area contributed by atoms with Gasteiger partial charge in [0.15, 0.2) is 17.5 Å². The molecule has 0 spiro atoms. The molecule has 4 heterocycles. The van der Waals surface area contributed by atoms with Crippen LogP contribution >= 0.6 is 11.3 Å². The lowest BCUT2D eigenvalue weighted by atomic mass is 10.1. The van der Waals surface area contributed by atoms with E-state index in [2.05, 4.69) is 71.3 Å². The van der Waals surface area contributed by atoms with E-state index in [0.29, 0.717) is 17.5 Å². The number of pyridine rings is 1. The molecule has 0 radical (unpaired) electrons. The van der Waals surface area contributed by atoms with Gasteiger partial charge in [0.05, 0.1) is 16.6 Å². The van der Waals surface area contributed by atoms with Crippen molar-refractivity contribution in [2.24, 2.45) is 0 Å². The smallest absolute Gasteiger partial charge is 0.164 e. The van der Waals surface area contributed by atoms with Gasteiger partial charge in [-0.3, -0.25) is 4.98 Å².